The fourth-order valence-corrected chi connectivity index (χ4v) is 1.81. The molecule has 0 saturated carbocycles. The molecule has 0 radical (unpaired) electrons. The van der Waals surface area contributed by atoms with E-state index >= 15 is 0 Å². The number of nitro benzene ring substituents is 1. The van der Waals surface area contributed by atoms with Gasteiger partial charge in [-0.05, 0) is 23.8 Å². The van der Waals surface area contributed by atoms with Crippen LogP contribution in [0.5, 0.6) is 0 Å². The molecular formula is C16H11NO5. The van der Waals surface area contributed by atoms with Gasteiger partial charge in [-0.15, -0.1) is 0 Å². The van der Waals surface area contributed by atoms with Crippen LogP contribution in [-0.2, 0) is 4.79 Å². The highest BCUT2D eigenvalue weighted by molar-refractivity contribution is 6.09. The molecule has 6 heteroatoms. The van der Waals surface area contributed by atoms with Crippen LogP contribution in [0, 0.1) is 10.1 Å². The summed E-state index contributed by atoms with van der Waals surface area (Å²) >= 11 is 0. The van der Waals surface area contributed by atoms with Crippen molar-refractivity contribution in [2.75, 3.05) is 0 Å². The average Bonchev–Trinajstić information content (AvgIpc) is 2.53. The molecule has 6 nitrogen and oxygen atoms in total. The number of rotatable bonds is 5. The molecule has 0 aliphatic carbocycles. The largest absolute Gasteiger partial charge is 0.478 e. The molecule has 0 saturated heterocycles. The Labute approximate surface area is 125 Å². The summed E-state index contributed by atoms with van der Waals surface area (Å²) in [7, 11) is 0. The molecule has 0 bridgehead atoms. The van der Waals surface area contributed by atoms with Crippen molar-refractivity contribution in [2.45, 2.75) is 0 Å². The molecule has 0 heterocycles. The molecule has 110 valence electrons. The average molecular weight is 297 g/mol. The Morgan fingerprint density at radius 2 is 1.45 bits per heavy atom. The van der Waals surface area contributed by atoms with Crippen molar-refractivity contribution in [1.82, 2.24) is 0 Å². The maximum Gasteiger partial charge on any atom is 0.328 e. The Morgan fingerprint density at radius 1 is 0.955 bits per heavy atom. The summed E-state index contributed by atoms with van der Waals surface area (Å²) in [6.45, 7) is 0. The first-order chi connectivity index (χ1) is 10.5. The van der Waals surface area contributed by atoms with E-state index in [0.717, 1.165) is 6.08 Å². The van der Waals surface area contributed by atoms with E-state index in [1.54, 1.807) is 24.3 Å². The quantitative estimate of drug-likeness (QED) is 0.396. The van der Waals surface area contributed by atoms with Crippen molar-refractivity contribution in [3.05, 3.63) is 81.4 Å². The van der Waals surface area contributed by atoms with Gasteiger partial charge in [-0.25, -0.2) is 4.79 Å². The van der Waals surface area contributed by atoms with Crippen molar-refractivity contribution in [3.8, 4) is 0 Å². The number of benzene rings is 2. The molecule has 2 rings (SSSR count). The van der Waals surface area contributed by atoms with Crippen LogP contribution in [-0.4, -0.2) is 21.8 Å². The zero-order valence-electron chi connectivity index (χ0n) is 11.3. The van der Waals surface area contributed by atoms with Crippen molar-refractivity contribution >= 4 is 23.5 Å². The van der Waals surface area contributed by atoms with Crippen LogP contribution >= 0.6 is 0 Å². The number of non-ortho nitro benzene ring substituents is 1. The highest BCUT2D eigenvalue weighted by Gasteiger charge is 2.11. The number of aliphatic carboxylic acids is 1. The highest BCUT2D eigenvalue weighted by Crippen LogP contribution is 2.16. The van der Waals surface area contributed by atoms with E-state index in [9.17, 15) is 19.7 Å². The van der Waals surface area contributed by atoms with E-state index < -0.39 is 10.9 Å². The van der Waals surface area contributed by atoms with Crippen molar-refractivity contribution in [1.29, 1.82) is 0 Å². The first-order valence-electron chi connectivity index (χ1n) is 6.27. The first-order valence-corrected chi connectivity index (χ1v) is 6.27. The molecule has 0 amide bonds. The number of nitrogens with zero attached hydrogens (tertiary/aromatic N) is 1. The molecule has 22 heavy (non-hydrogen) atoms. The Kier molecular flexibility index (Phi) is 4.43. The SMILES string of the molecule is O=C(O)C=Cc1ccc(C(=O)c2ccc([N+](=O)[O-])cc2)cc1. The number of hydrogen-bond donors (Lipinski definition) is 1. The lowest BCUT2D eigenvalue weighted by molar-refractivity contribution is -0.384. The van der Waals surface area contributed by atoms with Gasteiger partial charge in [0, 0.05) is 29.3 Å². The van der Waals surface area contributed by atoms with Gasteiger partial charge in [0.05, 0.1) is 4.92 Å². The molecule has 0 atom stereocenters. The Hall–Kier alpha value is -3.28. The predicted octanol–water partition coefficient (Wildman–Crippen LogP) is 2.92. The summed E-state index contributed by atoms with van der Waals surface area (Å²) in [6, 6.07) is 11.7. The second-order valence-corrected chi connectivity index (χ2v) is 4.43. The number of nitro groups is 1. The van der Waals surface area contributed by atoms with Crippen LogP contribution in [0.3, 0.4) is 0 Å². The number of hydrogen-bond acceptors (Lipinski definition) is 4. The fraction of sp³-hybridized carbons (Fsp3) is 0. The van der Waals surface area contributed by atoms with Crippen LogP contribution in [0.15, 0.2) is 54.6 Å². The fourth-order valence-electron chi connectivity index (χ4n) is 1.81. The molecule has 0 spiro atoms. The normalized spacial score (nSPS) is 10.5. The van der Waals surface area contributed by atoms with Gasteiger partial charge >= 0.3 is 5.97 Å². The molecule has 2 aromatic carbocycles. The standard InChI is InChI=1S/C16H11NO5/c18-15(19)10-3-11-1-4-12(5-2-11)16(20)13-6-8-14(9-7-13)17(21)22/h1-10H,(H,18,19). The summed E-state index contributed by atoms with van der Waals surface area (Å²) < 4.78 is 0. The Morgan fingerprint density at radius 3 is 1.91 bits per heavy atom. The molecule has 0 aromatic heterocycles. The zero-order chi connectivity index (χ0) is 16.1. The Bertz CT molecular complexity index is 745. The zero-order valence-corrected chi connectivity index (χ0v) is 11.3. The monoisotopic (exact) mass is 297 g/mol. The lowest BCUT2D eigenvalue weighted by atomic mass is 10.0. The topological polar surface area (TPSA) is 97.5 Å². The summed E-state index contributed by atoms with van der Waals surface area (Å²) in [5, 5.41) is 19.1. The van der Waals surface area contributed by atoms with Gasteiger partial charge in [0.1, 0.15) is 0 Å². The van der Waals surface area contributed by atoms with Crippen LogP contribution < -0.4 is 0 Å². The van der Waals surface area contributed by atoms with E-state index in [0.29, 0.717) is 16.7 Å². The van der Waals surface area contributed by atoms with E-state index in [-0.39, 0.29) is 11.5 Å². The minimum Gasteiger partial charge on any atom is -0.478 e. The minimum absolute atomic E-state index is 0.0781. The summed E-state index contributed by atoms with van der Waals surface area (Å²) in [6.07, 6.45) is 2.43. The van der Waals surface area contributed by atoms with Gasteiger partial charge in [0.2, 0.25) is 0 Å². The minimum atomic E-state index is -1.05. The van der Waals surface area contributed by atoms with Crippen LogP contribution in [0.2, 0.25) is 0 Å². The summed E-state index contributed by atoms with van der Waals surface area (Å²) in [4.78, 5) is 32.7. The van der Waals surface area contributed by atoms with E-state index in [4.69, 9.17) is 5.11 Å². The smallest absolute Gasteiger partial charge is 0.328 e. The van der Waals surface area contributed by atoms with Gasteiger partial charge in [0.25, 0.3) is 5.69 Å². The van der Waals surface area contributed by atoms with Crippen LogP contribution in [0.4, 0.5) is 5.69 Å². The van der Waals surface area contributed by atoms with Crippen LogP contribution in [0.1, 0.15) is 21.5 Å². The van der Waals surface area contributed by atoms with Crippen LogP contribution in [0.25, 0.3) is 6.08 Å². The van der Waals surface area contributed by atoms with Gasteiger partial charge in [0.15, 0.2) is 5.78 Å². The highest BCUT2D eigenvalue weighted by atomic mass is 16.6. The number of carboxylic acids is 1. The maximum absolute atomic E-state index is 12.2. The third-order valence-corrected chi connectivity index (χ3v) is 2.93. The number of ketones is 1. The maximum atomic E-state index is 12.2. The third-order valence-electron chi connectivity index (χ3n) is 2.93. The van der Waals surface area contributed by atoms with Gasteiger partial charge in [-0.3, -0.25) is 14.9 Å². The van der Waals surface area contributed by atoms with E-state index in [1.165, 1.54) is 30.3 Å². The molecule has 1 N–H and O–H groups in total. The van der Waals surface area contributed by atoms with Gasteiger partial charge in [-0.1, -0.05) is 24.3 Å². The molecule has 2 aromatic rings. The number of carboxylic acid groups (broad SMARTS) is 1. The van der Waals surface area contributed by atoms with Gasteiger partial charge < -0.3 is 5.11 Å². The molecular weight excluding hydrogens is 286 g/mol. The van der Waals surface area contributed by atoms with E-state index in [1.807, 2.05) is 0 Å². The molecule has 0 aliphatic heterocycles. The second-order valence-electron chi connectivity index (χ2n) is 4.43. The predicted molar refractivity (Wildman–Crippen MR) is 79.6 cm³/mol. The molecule has 0 unspecified atom stereocenters. The summed E-state index contributed by atoms with van der Waals surface area (Å²) in [5.74, 6) is -1.31. The van der Waals surface area contributed by atoms with E-state index in [2.05, 4.69) is 0 Å². The number of carbonyl (C=O) groups is 2. The summed E-state index contributed by atoms with van der Waals surface area (Å²) in [5.41, 5.74) is 1.34. The lowest BCUT2D eigenvalue weighted by Crippen LogP contribution is -2.01. The van der Waals surface area contributed by atoms with Crippen molar-refractivity contribution in [2.24, 2.45) is 0 Å². The Balaban J connectivity index is 2.19. The molecule has 0 aliphatic rings. The van der Waals surface area contributed by atoms with Crippen molar-refractivity contribution in [3.63, 3.8) is 0 Å². The lowest BCUT2D eigenvalue weighted by Gasteiger charge is -2.02. The molecule has 0 fully saturated rings. The first kappa shape index (κ1) is 15.1. The second kappa shape index (κ2) is 6.45. The third kappa shape index (κ3) is 3.63. The number of carbonyl (C=O) groups excluding carboxylic acids is 1. The van der Waals surface area contributed by atoms with Gasteiger partial charge in [-0.2, -0.15) is 0 Å². The van der Waals surface area contributed by atoms with Crippen molar-refractivity contribution < 1.29 is 19.6 Å².